The summed E-state index contributed by atoms with van der Waals surface area (Å²) in [5.74, 6) is -0.764. The summed E-state index contributed by atoms with van der Waals surface area (Å²) in [7, 11) is -4.17. The molecule has 0 radical (unpaired) electrons. The zero-order valence-electron chi connectivity index (χ0n) is 17.8. The molecular weight excluding hydrogens is 544 g/mol. The van der Waals surface area contributed by atoms with Gasteiger partial charge in [-0.1, -0.05) is 45.7 Å². The van der Waals surface area contributed by atoms with Crippen molar-refractivity contribution >= 4 is 55.3 Å². The van der Waals surface area contributed by atoms with Gasteiger partial charge in [0.2, 0.25) is 5.75 Å². The lowest BCUT2D eigenvalue weighted by atomic mass is 10.1. The van der Waals surface area contributed by atoms with Crippen molar-refractivity contribution in [1.29, 1.82) is 5.26 Å². The zero-order chi connectivity index (χ0) is 24.7. The molecule has 0 aliphatic carbocycles. The van der Waals surface area contributed by atoms with Crippen LogP contribution < -0.4 is 14.2 Å². The number of anilines is 1. The fourth-order valence-electron chi connectivity index (χ4n) is 2.81. The second-order valence-corrected chi connectivity index (χ2v) is 9.61. The molecule has 0 aliphatic rings. The number of nitriles is 1. The first-order valence-electron chi connectivity index (χ1n) is 9.88. The fourth-order valence-corrected chi connectivity index (χ4v) is 4.35. The molecule has 1 amide bonds. The average molecular weight is 562 g/mol. The van der Waals surface area contributed by atoms with Gasteiger partial charge in [-0.3, -0.25) is 4.79 Å². The van der Waals surface area contributed by atoms with Crippen LogP contribution in [0.25, 0.3) is 6.08 Å². The van der Waals surface area contributed by atoms with Crippen LogP contribution in [0.2, 0.25) is 5.02 Å². The maximum Gasteiger partial charge on any atom is 0.339 e. The monoisotopic (exact) mass is 560 g/mol. The molecule has 7 nitrogen and oxygen atoms in total. The van der Waals surface area contributed by atoms with Gasteiger partial charge in [-0.15, -0.1) is 0 Å². The van der Waals surface area contributed by atoms with E-state index in [1.54, 1.807) is 49.4 Å². The van der Waals surface area contributed by atoms with Crippen LogP contribution >= 0.6 is 27.5 Å². The molecule has 0 unspecified atom stereocenters. The fraction of sp³-hybridized carbons (Fsp3) is 0.0833. The van der Waals surface area contributed by atoms with E-state index in [1.165, 1.54) is 30.3 Å². The molecule has 1 N–H and O–H groups in total. The number of halogens is 2. The van der Waals surface area contributed by atoms with Gasteiger partial charge in [-0.05, 0) is 67.1 Å². The zero-order valence-corrected chi connectivity index (χ0v) is 20.9. The standard InChI is InChI=1S/C24H18BrClN2O5S/c1-2-32-22-14-16(12-17(15-27)24(29)28-19-10-8-18(25)9-11-19)13-21(26)23(22)33-34(30,31)20-6-4-3-5-7-20/h3-14H,2H2,1H3,(H,28,29)/b17-12+. The largest absolute Gasteiger partial charge is 0.490 e. The van der Waals surface area contributed by atoms with E-state index in [-0.39, 0.29) is 33.6 Å². The van der Waals surface area contributed by atoms with Gasteiger partial charge in [-0.2, -0.15) is 13.7 Å². The van der Waals surface area contributed by atoms with Gasteiger partial charge in [0.1, 0.15) is 16.5 Å². The van der Waals surface area contributed by atoms with Gasteiger partial charge in [0.05, 0.1) is 11.6 Å². The Balaban J connectivity index is 1.93. The third kappa shape index (κ3) is 6.38. The molecule has 3 aromatic rings. The molecule has 0 fully saturated rings. The Bertz CT molecular complexity index is 1370. The predicted octanol–water partition coefficient (Wildman–Crippen LogP) is 5.81. The van der Waals surface area contributed by atoms with E-state index < -0.39 is 16.0 Å². The molecule has 0 spiro atoms. The quantitative estimate of drug-likeness (QED) is 0.211. The predicted molar refractivity (Wildman–Crippen MR) is 133 cm³/mol. The van der Waals surface area contributed by atoms with Crippen LogP contribution in [0.5, 0.6) is 11.5 Å². The number of hydrogen-bond acceptors (Lipinski definition) is 6. The van der Waals surface area contributed by atoms with Crippen LogP contribution in [0.1, 0.15) is 12.5 Å². The molecule has 3 rings (SSSR count). The highest BCUT2D eigenvalue weighted by molar-refractivity contribution is 9.10. The Morgan fingerprint density at radius 1 is 1.15 bits per heavy atom. The molecule has 3 aromatic carbocycles. The molecule has 0 bridgehead atoms. The van der Waals surface area contributed by atoms with Crippen LogP contribution in [0.3, 0.4) is 0 Å². The van der Waals surface area contributed by atoms with Gasteiger partial charge >= 0.3 is 10.1 Å². The Morgan fingerprint density at radius 3 is 2.44 bits per heavy atom. The van der Waals surface area contributed by atoms with E-state index in [2.05, 4.69) is 21.2 Å². The summed E-state index contributed by atoms with van der Waals surface area (Å²) < 4.78 is 37.0. The number of amides is 1. The van der Waals surface area contributed by atoms with Crippen LogP contribution in [0, 0.1) is 11.3 Å². The Morgan fingerprint density at radius 2 is 1.82 bits per heavy atom. The van der Waals surface area contributed by atoms with Crippen molar-refractivity contribution in [2.75, 3.05) is 11.9 Å². The Hall–Kier alpha value is -3.32. The molecular formula is C24H18BrClN2O5S. The number of carbonyl (C=O) groups is 1. The minimum absolute atomic E-state index is 0.0473. The lowest BCUT2D eigenvalue weighted by Crippen LogP contribution is -2.13. The maximum atomic E-state index is 12.7. The van der Waals surface area contributed by atoms with Crippen molar-refractivity contribution < 1.29 is 22.1 Å². The van der Waals surface area contributed by atoms with Crippen molar-refractivity contribution in [3.63, 3.8) is 0 Å². The summed E-state index contributed by atoms with van der Waals surface area (Å²) >= 11 is 9.64. The molecule has 34 heavy (non-hydrogen) atoms. The van der Waals surface area contributed by atoms with E-state index in [4.69, 9.17) is 20.5 Å². The molecule has 0 aliphatic heterocycles. The van der Waals surface area contributed by atoms with Gasteiger partial charge in [0, 0.05) is 10.2 Å². The smallest absolute Gasteiger partial charge is 0.339 e. The van der Waals surface area contributed by atoms with E-state index in [1.807, 2.05) is 6.07 Å². The lowest BCUT2D eigenvalue weighted by Gasteiger charge is -2.14. The highest BCUT2D eigenvalue weighted by Gasteiger charge is 2.22. The lowest BCUT2D eigenvalue weighted by molar-refractivity contribution is -0.112. The van der Waals surface area contributed by atoms with Gasteiger partial charge in [0.15, 0.2) is 5.75 Å². The summed E-state index contributed by atoms with van der Waals surface area (Å²) in [6.45, 7) is 1.90. The van der Waals surface area contributed by atoms with Crippen molar-refractivity contribution in [3.05, 3.63) is 87.4 Å². The second kappa shape index (κ2) is 11.2. The van der Waals surface area contributed by atoms with Gasteiger partial charge in [-0.25, -0.2) is 0 Å². The topological polar surface area (TPSA) is 105 Å². The molecule has 0 saturated carbocycles. The van der Waals surface area contributed by atoms with Crippen molar-refractivity contribution in [1.82, 2.24) is 0 Å². The van der Waals surface area contributed by atoms with Crippen LogP contribution in [-0.2, 0) is 14.9 Å². The minimum Gasteiger partial charge on any atom is -0.490 e. The summed E-state index contributed by atoms with van der Waals surface area (Å²) in [5, 5.41) is 12.1. The Kier molecular flexibility index (Phi) is 8.34. The summed E-state index contributed by atoms with van der Waals surface area (Å²) in [5.41, 5.74) is 0.671. The first-order valence-corrected chi connectivity index (χ1v) is 12.5. The third-order valence-electron chi connectivity index (χ3n) is 4.33. The highest BCUT2D eigenvalue weighted by Crippen LogP contribution is 2.39. The highest BCUT2D eigenvalue weighted by atomic mass is 79.9. The van der Waals surface area contributed by atoms with Crippen LogP contribution in [0.15, 0.2) is 81.7 Å². The number of nitrogens with zero attached hydrogens (tertiary/aromatic N) is 1. The van der Waals surface area contributed by atoms with E-state index >= 15 is 0 Å². The Labute approximate surface area is 210 Å². The number of benzene rings is 3. The van der Waals surface area contributed by atoms with E-state index in [9.17, 15) is 18.5 Å². The number of rotatable bonds is 8. The molecule has 0 heterocycles. The molecule has 174 valence electrons. The minimum atomic E-state index is -4.17. The molecule has 10 heteroatoms. The number of nitrogens with one attached hydrogen (secondary N) is 1. The van der Waals surface area contributed by atoms with Gasteiger partial charge < -0.3 is 14.2 Å². The summed E-state index contributed by atoms with van der Waals surface area (Å²) in [6, 6.07) is 19.1. The van der Waals surface area contributed by atoms with E-state index in [0.717, 1.165) is 4.47 Å². The normalized spacial score (nSPS) is 11.4. The number of hydrogen-bond donors (Lipinski definition) is 1. The van der Waals surface area contributed by atoms with Crippen molar-refractivity contribution in [2.45, 2.75) is 11.8 Å². The molecule has 0 aromatic heterocycles. The maximum absolute atomic E-state index is 12.7. The third-order valence-corrected chi connectivity index (χ3v) is 6.38. The summed E-state index contributed by atoms with van der Waals surface area (Å²) in [4.78, 5) is 12.5. The number of carbonyl (C=O) groups excluding carboxylic acids is 1. The average Bonchev–Trinajstić information content (AvgIpc) is 2.82. The summed E-state index contributed by atoms with van der Waals surface area (Å²) in [6.07, 6.45) is 1.32. The van der Waals surface area contributed by atoms with Crippen LogP contribution in [-0.4, -0.2) is 20.9 Å². The SMILES string of the molecule is CCOc1cc(/C=C(\C#N)C(=O)Nc2ccc(Br)cc2)cc(Cl)c1OS(=O)(=O)c1ccccc1. The molecule has 0 atom stereocenters. The number of ether oxygens (including phenoxy) is 1. The first-order chi connectivity index (χ1) is 16.2. The van der Waals surface area contributed by atoms with Crippen molar-refractivity contribution in [3.8, 4) is 17.6 Å². The second-order valence-electron chi connectivity index (χ2n) is 6.74. The van der Waals surface area contributed by atoms with Crippen LogP contribution in [0.4, 0.5) is 5.69 Å². The van der Waals surface area contributed by atoms with E-state index in [0.29, 0.717) is 11.3 Å². The van der Waals surface area contributed by atoms with Gasteiger partial charge in [0.25, 0.3) is 5.91 Å². The first kappa shape index (κ1) is 25.3. The van der Waals surface area contributed by atoms with Crippen molar-refractivity contribution in [2.24, 2.45) is 0 Å². The molecule has 0 saturated heterocycles.